The molecule has 1 amide bonds. The highest BCUT2D eigenvalue weighted by Crippen LogP contribution is 2.26. The van der Waals surface area contributed by atoms with Gasteiger partial charge in [0.25, 0.3) is 5.91 Å². The molecule has 0 saturated carbocycles. The van der Waals surface area contributed by atoms with E-state index in [0.29, 0.717) is 21.4 Å². The normalized spacial score (nSPS) is 10.3. The van der Waals surface area contributed by atoms with Crippen molar-refractivity contribution in [3.05, 3.63) is 50.7 Å². The second-order valence-corrected chi connectivity index (χ2v) is 5.07. The number of aromatic nitrogens is 1. The number of rotatable bonds is 2. The highest BCUT2D eigenvalue weighted by atomic mass is 79.9. The molecule has 0 saturated heterocycles. The maximum absolute atomic E-state index is 11.8. The Labute approximate surface area is 116 Å². The number of hydrogen-bond acceptors (Lipinski definition) is 1. The first-order valence-electron chi connectivity index (χ1n) is 4.66. The maximum atomic E-state index is 11.8. The number of benzene rings is 1. The van der Waals surface area contributed by atoms with Crippen LogP contribution in [0.3, 0.4) is 0 Å². The first-order chi connectivity index (χ1) is 8.06. The summed E-state index contributed by atoms with van der Waals surface area (Å²) in [5.41, 5.74) is 0.919. The van der Waals surface area contributed by atoms with Crippen molar-refractivity contribution in [2.24, 2.45) is 0 Å². The SMILES string of the molecule is O=C(Nc1cc(Cl)ccc1Cl)c1cc(Br)c[nH]1. The lowest BCUT2D eigenvalue weighted by atomic mass is 10.3. The molecule has 1 aromatic heterocycles. The first-order valence-corrected chi connectivity index (χ1v) is 6.21. The van der Waals surface area contributed by atoms with Crippen molar-refractivity contribution < 1.29 is 4.79 Å². The van der Waals surface area contributed by atoms with Crippen molar-refractivity contribution in [2.75, 3.05) is 5.32 Å². The van der Waals surface area contributed by atoms with Crippen LogP contribution in [0.2, 0.25) is 10.0 Å². The molecular weight excluding hydrogens is 327 g/mol. The van der Waals surface area contributed by atoms with Gasteiger partial charge in [-0.3, -0.25) is 4.79 Å². The van der Waals surface area contributed by atoms with Gasteiger partial charge in [0, 0.05) is 15.7 Å². The Kier molecular flexibility index (Phi) is 3.76. The zero-order valence-corrected chi connectivity index (χ0v) is 11.5. The van der Waals surface area contributed by atoms with Gasteiger partial charge < -0.3 is 10.3 Å². The second kappa shape index (κ2) is 5.12. The molecule has 2 rings (SSSR count). The summed E-state index contributed by atoms with van der Waals surface area (Å²) in [6.07, 6.45) is 1.68. The van der Waals surface area contributed by atoms with Gasteiger partial charge >= 0.3 is 0 Å². The lowest BCUT2D eigenvalue weighted by Gasteiger charge is -2.06. The Morgan fingerprint density at radius 2 is 2.06 bits per heavy atom. The van der Waals surface area contributed by atoms with E-state index in [2.05, 4.69) is 26.2 Å². The standard InChI is InChI=1S/C11H7BrCl2N2O/c12-6-3-10(15-5-6)11(17)16-9-4-7(13)1-2-8(9)14/h1-5,15H,(H,16,17). The molecule has 1 aromatic carbocycles. The average Bonchev–Trinajstić information content (AvgIpc) is 2.70. The van der Waals surface area contributed by atoms with E-state index in [1.54, 1.807) is 30.5 Å². The van der Waals surface area contributed by atoms with E-state index in [0.717, 1.165) is 4.47 Å². The van der Waals surface area contributed by atoms with E-state index in [-0.39, 0.29) is 5.91 Å². The van der Waals surface area contributed by atoms with Crippen LogP contribution >= 0.6 is 39.1 Å². The number of amides is 1. The summed E-state index contributed by atoms with van der Waals surface area (Å²) in [6, 6.07) is 6.56. The van der Waals surface area contributed by atoms with E-state index in [9.17, 15) is 4.79 Å². The lowest BCUT2D eigenvalue weighted by Crippen LogP contribution is -2.12. The Morgan fingerprint density at radius 1 is 1.29 bits per heavy atom. The van der Waals surface area contributed by atoms with Crippen molar-refractivity contribution in [3.8, 4) is 0 Å². The second-order valence-electron chi connectivity index (χ2n) is 3.31. The predicted molar refractivity (Wildman–Crippen MR) is 72.9 cm³/mol. The van der Waals surface area contributed by atoms with Crippen LogP contribution < -0.4 is 5.32 Å². The third kappa shape index (κ3) is 3.03. The number of anilines is 1. The predicted octanol–water partition coefficient (Wildman–Crippen LogP) is 4.34. The van der Waals surface area contributed by atoms with E-state index in [1.807, 2.05) is 0 Å². The maximum Gasteiger partial charge on any atom is 0.272 e. The van der Waals surface area contributed by atoms with Crippen LogP contribution in [0.25, 0.3) is 0 Å². The molecule has 0 bridgehead atoms. The largest absolute Gasteiger partial charge is 0.356 e. The van der Waals surface area contributed by atoms with E-state index in [1.165, 1.54) is 0 Å². The molecule has 6 heteroatoms. The summed E-state index contributed by atoms with van der Waals surface area (Å²) in [5, 5.41) is 3.62. The quantitative estimate of drug-likeness (QED) is 0.843. The van der Waals surface area contributed by atoms with Gasteiger partial charge in [-0.2, -0.15) is 0 Å². The van der Waals surface area contributed by atoms with Gasteiger partial charge in [-0.15, -0.1) is 0 Å². The van der Waals surface area contributed by atoms with Crippen LogP contribution in [-0.4, -0.2) is 10.9 Å². The smallest absolute Gasteiger partial charge is 0.272 e. The summed E-state index contributed by atoms with van der Waals surface area (Å²) >= 11 is 15.0. The summed E-state index contributed by atoms with van der Waals surface area (Å²) in [4.78, 5) is 14.7. The monoisotopic (exact) mass is 332 g/mol. The number of halogens is 3. The minimum Gasteiger partial charge on any atom is -0.356 e. The molecule has 0 aliphatic heterocycles. The Bertz CT molecular complexity index is 568. The summed E-state index contributed by atoms with van der Waals surface area (Å²) in [5.74, 6) is -0.278. The van der Waals surface area contributed by atoms with Gasteiger partial charge in [-0.05, 0) is 40.2 Å². The number of hydrogen-bond donors (Lipinski definition) is 2. The summed E-state index contributed by atoms with van der Waals surface area (Å²) in [7, 11) is 0. The van der Waals surface area contributed by atoms with Crippen LogP contribution in [0, 0.1) is 0 Å². The Balaban J connectivity index is 2.21. The molecule has 0 aliphatic carbocycles. The fourth-order valence-corrected chi connectivity index (χ4v) is 1.96. The molecule has 0 fully saturated rings. The topological polar surface area (TPSA) is 44.9 Å². The fraction of sp³-hybridized carbons (Fsp3) is 0. The molecule has 0 spiro atoms. The highest BCUT2D eigenvalue weighted by Gasteiger charge is 2.10. The van der Waals surface area contributed by atoms with Crippen molar-refractivity contribution in [2.45, 2.75) is 0 Å². The van der Waals surface area contributed by atoms with Gasteiger partial charge in [0.1, 0.15) is 5.69 Å². The molecule has 88 valence electrons. The summed E-state index contributed by atoms with van der Waals surface area (Å²) in [6.45, 7) is 0. The van der Waals surface area contributed by atoms with Crippen molar-refractivity contribution in [1.82, 2.24) is 4.98 Å². The third-order valence-electron chi connectivity index (χ3n) is 2.07. The molecule has 17 heavy (non-hydrogen) atoms. The molecule has 0 atom stereocenters. The minimum absolute atomic E-state index is 0.278. The zero-order valence-electron chi connectivity index (χ0n) is 8.43. The highest BCUT2D eigenvalue weighted by molar-refractivity contribution is 9.10. The van der Waals surface area contributed by atoms with Gasteiger partial charge in [0.05, 0.1) is 10.7 Å². The Hall–Kier alpha value is -0.970. The average molecular weight is 334 g/mol. The van der Waals surface area contributed by atoms with Crippen LogP contribution in [0.5, 0.6) is 0 Å². The number of nitrogens with one attached hydrogen (secondary N) is 2. The van der Waals surface area contributed by atoms with Gasteiger partial charge in [0.2, 0.25) is 0 Å². The first kappa shape index (κ1) is 12.5. The van der Waals surface area contributed by atoms with Gasteiger partial charge in [0.15, 0.2) is 0 Å². The van der Waals surface area contributed by atoms with Crippen molar-refractivity contribution in [3.63, 3.8) is 0 Å². The van der Waals surface area contributed by atoms with Crippen LogP contribution in [0.4, 0.5) is 5.69 Å². The molecule has 0 aliphatic rings. The number of H-pyrrole nitrogens is 1. The molecule has 0 radical (unpaired) electrons. The van der Waals surface area contributed by atoms with E-state index >= 15 is 0 Å². The van der Waals surface area contributed by atoms with E-state index < -0.39 is 0 Å². The van der Waals surface area contributed by atoms with Crippen molar-refractivity contribution in [1.29, 1.82) is 0 Å². The fourth-order valence-electron chi connectivity index (χ4n) is 1.28. The number of carbonyl (C=O) groups is 1. The van der Waals surface area contributed by atoms with Gasteiger partial charge in [-0.25, -0.2) is 0 Å². The van der Waals surface area contributed by atoms with Crippen molar-refractivity contribution >= 4 is 50.7 Å². The van der Waals surface area contributed by atoms with Crippen LogP contribution in [0.15, 0.2) is 34.9 Å². The lowest BCUT2D eigenvalue weighted by molar-refractivity contribution is 0.102. The van der Waals surface area contributed by atoms with Crippen LogP contribution in [-0.2, 0) is 0 Å². The number of aromatic amines is 1. The Morgan fingerprint density at radius 3 is 2.71 bits per heavy atom. The molecule has 2 aromatic rings. The summed E-state index contributed by atoms with van der Waals surface area (Å²) < 4.78 is 0.805. The number of carbonyl (C=O) groups excluding carboxylic acids is 1. The van der Waals surface area contributed by atoms with E-state index in [4.69, 9.17) is 23.2 Å². The molecule has 0 unspecified atom stereocenters. The molecule has 2 N–H and O–H groups in total. The molecular formula is C11H7BrCl2N2O. The third-order valence-corrected chi connectivity index (χ3v) is 3.09. The van der Waals surface area contributed by atoms with Crippen LogP contribution in [0.1, 0.15) is 10.5 Å². The zero-order chi connectivity index (χ0) is 12.4. The minimum atomic E-state index is -0.278. The van der Waals surface area contributed by atoms with Gasteiger partial charge in [-0.1, -0.05) is 23.2 Å². The molecule has 1 heterocycles. The molecule has 3 nitrogen and oxygen atoms in total.